The van der Waals surface area contributed by atoms with Crippen LogP contribution in [0.4, 0.5) is 5.69 Å². The molecule has 0 saturated heterocycles. The number of benzene rings is 2. The maximum atomic E-state index is 12.5. The molecule has 132 valence electrons. The number of ether oxygens (including phenoxy) is 1. The molecule has 0 radical (unpaired) electrons. The second kappa shape index (κ2) is 8.43. The van der Waals surface area contributed by atoms with E-state index in [-0.39, 0.29) is 28.1 Å². The van der Waals surface area contributed by atoms with Gasteiger partial charge in [0.1, 0.15) is 0 Å². The number of hydrogen-bond acceptors (Lipinski definition) is 3. The molecule has 0 aliphatic carbocycles. The largest absolute Gasteiger partial charge is 0.494 e. The molecule has 0 aromatic heterocycles. The van der Waals surface area contributed by atoms with Crippen molar-refractivity contribution in [3.8, 4) is 5.75 Å². The molecule has 2 aromatic rings. The summed E-state index contributed by atoms with van der Waals surface area (Å²) in [6.07, 6.45) is 0. The number of amides is 2. The molecule has 2 amide bonds. The molecule has 0 atom stereocenters. The lowest BCUT2D eigenvalue weighted by atomic mass is 10.2. The van der Waals surface area contributed by atoms with Crippen molar-refractivity contribution in [3.63, 3.8) is 0 Å². The van der Waals surface area contributed by atoms with E-state index in [4.69, 9.17) is 39.5 Å². The summed E-state index contributed by atoms with van der Waals surface area (Å²) in [5.41, 5.74) is 0.850. The van der Waals surface area contributed by atoms with Gasteiger partial charge in [0, 0.05) is 23.3 Å². The zero-order valence-corrected chi connectivity index (χ0v) is 15.7. The average molecular weight is 402 g/mol. The molecular weight excluding hydrogens is 387 g/mol. The Hall–Kier alpha value is -1.95. The van der Waals surface area contributed by atoms with Gasteiger partial charge in [-0.05, 0) is 36.4 Å². The second-order valence-corrected chi connectivity index (χ2v) is 6.44. The number of likely N-dealkylation sites (N-methyl/N-ethyl adjacent to an activating group) is 1. The standard InChI is InChI=1S/C17H15Cl3N2O3/c1-22(9-15(23)21-12-5-3-11(18)4-6-12)17(24)10-7-13(19)16(25-2)14(20)8-10/h3-8H,9H2,1-2H3,(H,21,23). The molecule has 0 heterocycles. The fourth-order valence-electron chi connectivity index (χ4n) is 2.12. The summed E-state index contributed by atoms with van der Waals surface area (Å²) in [6.45, 7) is -0.136. The van der Waals surface area contributed by atoms with Crippen molar-refractivity contribution in [2.24, 2.45) is 0 Å². The number of nitrogens with zero attached hydrogens (tertiary/aromatic N) is 1. The minimum absolute atomic E-state index is 0.136. The summed E-state index contributed by atoms with van der Waals surface area (Å²) in [7, 11) is 2.94. The Morgan fingerprint density at radius 1 is 1.08 bits per heavy atom. The topological polar surface area (TPSA) is 58.6 Å². The lowest BCUT2D eigenvalue weighted by molar-refractivity contribution is -0.116. The van der Waals surface area contributed by atoms with Crippen LogP contribution in [0.25, 0.3) is 0 Å². The average Bonchev–Trinajstić information content (AvgIpc) is 2.55. The highest BCUT2D eigenvalue weighted by molar-refractivity contribution is 6.37. The van der Waals surface area contributed by atoms with Crippen LogP contribution < -0.4 is 10.1 Å². The van der Waals surface area contributed by atoms with E-state index in [2.05, 4.69) is 5.32 Å². The SMILES string of the molecule is COc1c(Cl)cc(C(=O)N(C)CC(=O)Nc2ccc(Cl)cc2)cc1Cl. The number of hydrogen-bond donors (Lipinski definition) is 1. The number of anilines is 1. The highest BCUT2D eigenvalue weighted by Crippen LogP contribution is 2.34. The maximum absolute atomic E-state index is 12.5. The van der Waals surface area contributed by atoms with Crippen molar-refractivity contribution >= 4 is 52.3 Å². The van der Waals surface area contributed by atoms with Crippen molar-refractivity contribution in [3.05, 3.63) is 57.0 Å². The molecule has 0 aliphatic rings. The van der Waals surface area contributed by atoms with Gasteiger partial charge in [-0.2, -0.15) is 0 Å². The number of halogens is 3. The number of carbonyl (C=O) groups is 2. The molecule has 0 bridgehead atoms. The summed E-state index contributed by atoms with van der Waals surface area (Å²) >= 11 is 17.9. The van der Waals surface area contributed by atoms with Crippen LogP contribution in [-0.4, -0.2) is 37.4 Å². The quantitative estimate of drug-likeness (QED) is 0.809. The smallest absolute Gasteiger partial charge is 0.254 e. The fraction of sp³-hybridized carbons (Fsp3) is 0.176. The van der Waals surface area contributed by atoms with Crippen LogP contribution in [0.3, 0.4) is 0 Å². The zero-order valence-electron chi connectivity index (χ0n) is 13.5. The monoisotopic (exact) mass is 400 g/mol. The molecule has 0 fully saturated rings. The van der Waals surface area contributed by atoms with Gasteiger partial charge in [-0.25, -0.2) is 0 Å². The van der Waals surface area contributed by atoms with Crippen LogP contribution in [0, 0.1) is 0 Å². The summed E-state index contributed by atoms with van der Waals surface area (Å²) in [5.74, 6) is -0.440. The molecule has 8 heteroatoms. The molecule has 25 heavy (non-hydrogen) atoms. The van der Waals surface area contributed by atoms with E-state index in [0.717, 1.165) is 0 Å². The van der Waals surface area contributed by atoms with E-state index in [9.17, 15) is 9.59 Å². The summed E-state index contributed by atoms with van der Waals surface area (Å²) in [6, 6.07) is 9.56. The van der Waals surface area contributed by atoms with Gasteiger partial charge in [-0.15, -0.1) is 0 Å². The summed E-state index contributed by atoms with van der Waals surface area (Å²) in [4.78, 5) is 25.8. The molecule has 2 aromatic carbocycles. The normalized spacial score (nSPS) is 10.3. The van der Waals surface area contributed by atoms with Gasteiger partial charge >= 0.3 is 0 Å². The Morgan fingerprint density at radius 3 is 2.16 bits per heavy atom. The zero-order chi connectivity index (χ0) is 18.6. The van der Waals surface area contributed by atoms with E-state index in [1.807, 2.05) is 0 Å². The first-order valence-corrected chi connectivity index (χ1v) is 8.29. The van der Waals surface area contributed by atoms with Crippen LogP contribution in [0.15, 0.2) is 36.4 Å². The predicted octanol–water partition coefficient (Wildman–Crippen LogP) is 4.37. The van der Waals surface area contributed by atoms with Crippen LogP contribution in [0.5, 0.6) is 5.75 Å². The fourth-order valence-corrected chi connectivity index (χ4v) is 2.89. The minimum atomic E-state index is -0.391. The van der Waals surface area contributed by atoms with Crippen molar-refractivity contribution in [2.45, 2.75) is 0 Å². The summed E-state index contributed by atoms with van der Waals surface area (Å²) in [5, 5.41) is 3.69. The van der Waals surface area contributed by atoms with Gasteiger partial charge in [-0.1, -0.05) is 34.8 Å². The van der Waals surface area contributed by atoms with Crippen molar-refractivity contribution in [2.75, 3.05) is 26.0 Å². The van der Waals surface area contributed by atoms with Gasteiger partial charge in [0.2, 0.25) is 5.91 Å². The molecule has 1 N–H and O–H groups in total. The lowest BCUT2D eigenvalue weighted by Crippen LogP contribution is -2.34. The first kappa shape index (κ1) is 19.4. The van der Waals surface area contributed by atoms with Crippen molar-refractivity contribution in [1.29, 1.82) is 0 Å². The number of carbonyl (C=O) groups excluding carboxylic acids is 2. The van der Waals surface area contributed by atoms with Gasteiger partial charge in [-0.3, -0.25) is 9.59 Å². The number of methoxy groups -OCH3 is 1. The van der Waals surface area contributed by atoms with Crippen LogP contribution in [-0.2, 0) is 4.79 Å². The Bertz CT molecular complexity index is 771. The van der Waals surface area contributed by atoms with Gasteiger partial charge < -0.3 is 15.0 Å². The molecule has 0 unspecified atom stereocenters. The van der Waals surface area contributed by atoms with Gasteiger partial charge in [0.05, 0.1) is 23.7 Å². The lowest BCUT2D eigenvalue weighted by Gasteiger charge is -2.18. The predicted molar refractivity (Wildman–Crippen MR) is 100 cm³/mol. The molecule has 2 rings (SSSR count). The number of rotatable bonds is 5. The molecule has 0 aliphatic heterocycles. The third-order valence-electron chi connectivity index (χ3n) is 3.30. The van der Waals surface area contributed by atoms with Gasteiger partial charge in [0.25, 0.3) is 5.91 Å². The Labute approximate surface area is 160 Å². The first-order valence-electron chi connectivity index (χ1n) is 7.15. The van der Waals surface area contributed by atoms with Crippen molar-refractivity contribution in [1.82, 2.24) is 4.90 Å². The van der Waals surface area contributed by atoms with E-state index >= 15 is 0 Å². The van der Waals surface area contributed by atoms with Crippen LogP contribution in [0.1, 0.15) is 10.4 Å². The third kappa shape index (κ3) is 5.01. The maximum Gasteiger partial charge on any atom is 0.254 e. The Balaban J connectivity index is 2.04. The molecule has 0 saturated carbocycles. The highest BCUT2D eigenvalue weighted by atomic mass is 35.5. The number of nitrogens with one attached hydrogen (secondary N) is 1. The minimum Gasteiger partial charge on any atom is -0.494 e. The third-order valence-corrected chi connectivity index (χ3v) is 4.12. The van der Waals surface area contributed by atoms with E-state index < -0.39 is 5.91 Å². The van der Waals surface area contributed by atoms with E-state index in [0.29, 0.717) is 16.5 Å². The Kier molecular flexibility index (Phi) is 6.53. The van der Waals surface area contributed by atoms with Crippen molar-refractivity contribution < 1.29 is 14.3 Å². The summed E-state index contributed by atoms with van der Waals surface area (Å²) < 4.78 is 5.05. The molecule has 5 nitrogen and oxygen atoms in total. The van der Waals surface area contributed by atoms with Crippen LogP contribution in [0.2, 0.25) is 15.1 Å². The second-order valence-electron chi connectivity index (χ2n) is 5.19. The first-order chi connectivity index (χ1) is 11.8. The molecule has 0 spiro atoms. The van der Waals surface area contributed by atoms with Gasteiger partial charge in [0.15, 0.2) is 5.75 Å². The Morgan fingerprint density at radius 2 is 1.64 bits per heavy atom. The van der Waals surface area contributed by atoms with Crippen LogP contribution >= 0.6 is 34.8 Å². The van der Waals surface area contributed by atoms with E-state index in [1.54, 1.807) is 24.3 Å². The van der Waals surface area contributed by atoms with E-state index in [1.165, 1.54) is 31.2 Å². The highest BCUT2D eigenvalue weighted by Gasteiger charge is 2.18. The molecular formula is C17H15Cl3N2O3.